The molecule has 4 nitrogen and oxygen atoms in total. The highest BCUT2D eigenvalue weighted by Crippen LogP contribution is 1.99. The lowest BCUT2D eigenvalue weighted by Crippen LogP contribution is -2.19. The molecule has 1 rings (SSSR count). The first-order valence-electron chi connectivity index (χ1n) is 4.08. The lowest BCUT2D eigenvalue weighted by atomic mass is 10.3. The number of hydrogen-bond acceptors (Lipinski definition) is 3. The molecule has 14 heavy (non-hydrogen) atoms. The third-order valence-corrected chi connectivity index (χ3v) is 1.44. The van der Waals surface area contributed by atoms with Crippen LogP contribution >= 0.6 is 0 Å². The number of rotatable bonds is 3. The number of aldehydes is 1. The van der Waals surface area contributed by atoms with Crippen molar-refractivity contribution in [2.75, 3.05) is 0 Å². The molecule has 0 aliphatic heterocycles. The van der Waals surface area contributed by atoms with Crippen LogP contribution in [-0.2, 0) is 9.59 Å². The van der Waals surface area contributed by atoms with E-state index in [4.69, 9.17) is 0 Å². The number of carbonyl (C=O) groups excluding carboxylic acids is 2. The van der Waals surface area contributed by atoms with Gasteiger partial charge in [0.1, 0.15) is 0 Å². The molecule has 1 amide bonds. The second-order valence-corrected chi connectivity index (χ2v) is 2.65. The van der Waals surface area contributed by atoms with Gasteiger partial charge in [0.05, 0.1) is 11.4 Å². The Labute approximate surface area is 81.7 Å². The number of nitrogens with zero attached hydrogens (tertiary/aromatic N) is 1. The van der Waals surface area contributed by atoms with Gasteiger partial charge >= 0.3 is 0 Å². The fourth-order valence-corrected chi connectivity index (χ4v) is 0.924. The minimum Gasteiger partial charge on any atom is -0.324 e. The van der Waals surface area contributed by atoms with Crippen molar-refractivity contribution in [2.45, 2.75) is 6.92 Å². The first kappa shape index (κ1) is 10.1. The second-order valence-electron chi connectivity index (χ2n) is 2.65. The maximum absolute atomic E-state index is 10.7. The van der Waals surface area contributed by atoms with Gasteiger partial charge in [-0.1, -0.05) is 6.07 Å². The van der Waals surface area contributed by atoms with E-state index in [0.29, 0.717) is 12.0 Å². The summed E-state index contributed by atoms with van der Waals surface area (Å²) in [5.41, 5.74) is 0.833. The molecular weight excluding hydrogens is 180 g/mol. The van der Waals surface area contributed by atoms with Crippen LogP contribution in [0.5, 0.6) is 0 Å². The van der Waals surface area contributed by atoms with Crippen molar-refractivity contribution >= 4 is 18.3 Å². The summed E-state index contributed by atoms with van der Waals surface area (Å²) in [6, 6.07) is 5.32. The van der Waals surface area contributed by atoms with Crippen LogP contribution in [-0.4, -0.2) is 17.2 Å². The van der Waals surface area contributed by atoms with Gasteiger partial charge in [-0.15, -0.1) is 0 Å². The average molecular weight is 190 g/mol. The number of allylic oxidation sites excluding steroid dienone is 1. The maximum Gasteiger partial charge on any atom is 0.221 e. The molecule has 0 aliphatic rings. The Morgan fingerprint density at radius 3 is 2.79 bits per heavy atom. The fourth-order valence-electron chi connectivity index (χ4n) is 0.924. The van der Waals surface area contributed by atoms with E-state index in [1.807, 2.05) is 0 Å². The predicted molar refractivity (Wildman–Crippen MR) is 52.1 cm³/mol. The standard InChI is InChI=1S/C10H10N2O2/c1-8(14)12-10(7-13)6-9-4-2-3-5-11-9/h2-7H,1H3,(H,12,14)/b10-6+. The van der Waals surface area contributed by atoms with Crippen LogP contribution in [0.4, 0.5) is 0 Å². The van der Waals surface area contributed by atoms with Crippen LogP contribution in [0.15, 0.2) is 30.1 Å². The number of nitrogens with one attached hydrogen (secondary N) is 1. The van der Waals surface area contributed by atoms with Gasteiger partial charge < -0.3 is 5.32 Å². The molecule has 0 aliphatic carbocycles. The molecule has 4 heteroatoms. The topological polar surface area (TPSA) is 59.1 Å². The van der Waals surface area contributed by atoms with Gasteiger partial charge in [0, 0.05) is 13.1 Å². The molecule has 1 aromatic rings. The molecule has 1 N–H and O–H groups in total. The third-order valence-electron chi connectivity index (χ3n) is 1.44. The molecule has 0 saturated heterocycles. The van der Waals surface area contributed by atoms with Gasteiger partial charge in [-0.25, -0.2) is 0 Å². The van der Waals surface area contributed by atoms with Crippen molar-refractivity contribution in [3.63, 3.8) is 0 Å². The summed E-state index contributed by atoms with van der Waals surface area (Å²) >= 11 is 0. The van der Waals surface area contributed by atoms with Gasteiger partial charge in [0.15, 0.2) is 6.29 Å². The SMILES string of the molecule is CC(=O)N/C(C=O)=C/c1ccccn1. The van der Waals surface area contributed by atoms with E-state index in [1.165, 1.54) is 13.0 Å². The Balaban J connectivity index is 2.84. The number of hydrogen-bond donors (Lipinski definition) is 1. The highest BCUT2D eigenvalue weighted by Gasteiger charge is 1.97. The van der Waals surface area contributed by atoms with Crippen LogP contribution in [0.2, 0.25) is 0 Å². The molecule has 0 fully saturated rings. The third kappa shape index (κ3) is 3.18. The summed E-state index contributed by atoms with van der Waals surface area (Å²) < 4.78 is 0. The largest absolute Gasteiger partial charge is 0.324 e. The molecule has 1 aromatic heterocycles. The second kappa shape index (κ2) is 4.91. The summed E-state index contributed by atoms with van der Waals surface area (Å²) in [7, 11) is 0. The quantitative estimate of drug-likeness (QED) is 0.565. The van der Waals surface area contributed by atoms with Gasteiger partial charge in [-0.3, -0.25) is 14.6 Å². The summed E-state index contributed by atoms with van der Waals surface area (Å²) in [5.74, 6) is -0.278. The molecule has 0 saturated carbocycles. The monoisotopic (exact) mass is 190 g/mol. The Morgan fingerprint density at radius 2 is 2.29 bits per heavy atom. The Morgan fingerprint density at radius 1 is 1.50 bits per heavy atom. The molecular formula is C10H10N2O2. The molecule has 0 atom stereocenters. The van der Waals surface area contributed by atoms with Crippen LogP contribution in [0.1, 0.15) is 12.6 Å². The van der Waals surface area contributed by atoms with Crippen molar-refractivity contribution in [2.24, 2.45) is 0 Å². The predicted octanol–water partition coefficient (Wildman–Crippen LogP) is 0.758. The van der Waals surface area contributed by atoms with Crippen LogP contribution < -0.4 is 5.32 Å². The van der Waals surface area contributed by atoms with E-state index < -0.39 is 0 Å². The Hall–Kier alpha value is -1.97. The van der Waals surface area contributed by atoms with E-state index in [1.54, 1.807) is 24.4 Å². The van der Waals surface area contributed by atoms with E-state index in [0.717, 1.165) is 0 Å². The van der Waals surface area contributed by atoms with E-state index >= 15 is 0 Å². The van der Waals surface area contributed by atoms with E-state index in [-0.39, 0.29) is 11.6 Å². The molecule has 1 heterocycles. The Kier molecular flexibility index (Phi) is 3.55. The minimum absolute atomic E-state index is 0.205. The average Bonchev–Trinajstić information content (AvgIpc) is 2.17. The molecule has 0 spiro atoms. The van der Waals surface area contributed by atoms with Crippen LogP contribution in [0.25, 0.3) is 6.08 Å². The van der Waals surface area contributed by atoms with Gasteiger partial charge in [-0.05, 0) is 18.2 Å². The summed E-state index contributed by atoms with van der Waals surface area (Å²) in [6.07, 6.45) is 3.70. The van der Waals surface area contributed by atoms with E-state index in [2.05, 4.69) is 10.3 Å². The van der Waals surface area contributed by atoms with E-state index in [9.17, 15) is 9.59 Å². The smallest absolute Gasteiger partial charge is 0.221 e. The van der Waals surface area contributed by atoms with Crippen LogP contribution in [0.3, 0.4) is 0 Å². The molecule has 72 valence electrons. The zero-order valence-corrected chi connectivity index (χ0v) is 7.73. The minimum atomic E-state index is -0.278. The highest BCUT2D eigenvalue weighted by molar-refractivity contribution is 5.88. The van der Waals surface area contributed by atoms with Crippen molar-refractivity contribution in [3.8, 4) is 0 Å². The van der Waals surface area contributed by atoms with Crippen LogP contribution in [0, 0.1) is 0 Å². The summed E-state index contributed by atoms with van der Waals surface area (Å²) in [5, 5.41) is 2.39. The molecule has 0 bridgehead atoms. The number of pyridine rings is 1. The molecule has 0 unspecified atom stereocenters. The first-order chi connectivity index (χ1) is 6.72. The highest BCUT2D eigenvalue weighted by atomic mass is 16.2. The lowest BCUT2D eigenvalue weighted by molar-refractivity contribution is -0.119. The maximum atomic E-state index is 10.7. The summed E-state index contributed by atoms with van der Waals surface area (Å²) in [6.45, 7) is 1.34. The van der Waals surface area contributed by atoms with Crippen molar-refractivity contribution < 1.29 is 9.59 Å². The normalized spacial score (nSPS) is 10.8. The Bertz CT molecular complexity index is 358. The number of amides is 1. The number of carbonyl (C=O) groups is 2. The van der Waals surface area contributed by atoms with Crippen molar-refractivity contribution in [3.05, 3.63) is 35.8 Å². The fraction of sp³-hybridized carbons (Fsp3) is 0.100. The summed E-state index contributed by atoms with van der Waals surface area (Å²) in [4.78, 5) is 25.2. The lowest BCUT2D eigenvalue weighted by Gasteiger charge is -1.99. The van der Waals surface area contributed by atoms with Gasteiger partial charge in [0.2, 0.25) is 5.91 Å². The zero-order chi connectivity index (χ0) is 10.4. The van der Waals surface area contributed by atoms with Crippen molar-refractivity contribution in [1.82, 2.24) is 10.3 Å². The zero-order valence-electron chi connectivity index (χ0n) is 7.73. The first-order valence-corrected chi connectivity index (χ1v) is 4.08. The molecule has 0 aromatic carbocycles. The van der Waals surface area contributed by atoms with Crippen molar-refractivity contribution in [1.29, 1.82) is 0 Å². The van der Waals surface area contributed by atoms with Gasteiger partial charge in [-0.2, -0.15) is 0 Å². The molecule has 0 radical (unpaired) electrons. The van der Waals surface area contributed by atoms with Gasteiger partial charge in [0.25, 0.3) is 0 Å². The number of aromatic nitrogens is 1.